The molecule has 3 nitrogen and oxygen atoms in total. The van der Waals surface area contributed by atoms with Crippen LogP contribution in [0.3, 0.4) is 0 Å². The predicted octanol–water partition coefficient (Wildman–Crippen LogP) is 6.10. The highest BCUT2D eigenvalue weighted by molar-refractivity contribution is 6.30. The van der Waals surface area contributed by atoms with E-state index in [-0.39, 0.29) is 5.91 Å². The Balaban J connectivity index is 1.85. The quantitative estimate of drug-likeness (QED) is 0.561. The first kappa shape index (κ1) is 19.4. The molecule has 4 rings (SSSR count). The van der Waals surface area contributed by atoms with Crippen LogP contribution in [0.2, 0.25) is 5.02 Å². The van der Waals surface area contributed by atoms with Crippen LogP contribution < -0.4 is 4.90 Å². The van der Waals surface area contributed by atoms with Crippen molar-refractivity contribution >= 4 is 35.3 Å². The number of hydrogen-bond donors (Lipinski definition) is 1. The molecule has 1 unspecified atom stereocenters. The van der Waals surface area contributed by atoms with Crippen molar-refractivity contribution in [2.24, 2.45) is 0 Å². The number of aliphatic hydroxyl groups excluding tert-OH is 1. The Morgan fingerprint density at radius 2 is 1.79 bits per heavy atom. The minimum absolute atomic E-state index is 0.0235. The van der Waals surface area contributed by atoms with Gasteiger partial charge in [-0.2, -0.15) is 0 Å². The molecule has 1 aliphatic heterocycles. The van der Waals surface area contributed by atoms with E-state index in [0.717, 1.165) is 39.1 Å². The SMILES string of the molecule is CC(=O)N1Cc2cc(-c3ccccc3C(C)O)ccc2/C=C\c2cc(Cl)ccc21. The lowest BCUT2D eigenvalue weighted by Gasteiger charge is -2.26. The van der Waals surface area contributed by atoms with Crippen LogP contribution in [0, 0.1) is 0 Å². The lowest BCUT2D eigenvalue weighted by atomic mass is 9.92. The molecule has 0 saturated heterocycles. The predicted molar refractivity (Wildman–Crippen MR) is 120 cm³/mol. The second-order valence-electron chi connectivity index (χ2n) is 7.32. The van der Waals surface area contributed by atoms with Crippen molar-refractivity contribution in [3.8, 4) is 11.1 Å². The van der Waals surface area contributed by atoms with E-state index in [1.807, 2.05) is 48.5 Å². The largest absolute Gasteiger partial charge is 0.389 e. The van der Waals surface area contributed by atoms with Crippen molar-refractivity contribution in [1.82, 2.24) is 0 Å². The van der Waals surface area contributed by atoms with Gasteiger partial charge in [-0.3, -0.25) is 4.79 Å². The molecular weight excluding hydrogens is 382 g/mol. The average Bonchev–Trinajstić information content (AvgIpc) is 2.69. The van der Waals surface area contributed by atoms with Gasteiger partial charge in [0.2, 0.25) is 5.91 Å². The van der Waals surface area contributed by atoms with E-state index < -0.39 is 6.10 Å². The van der Waals surface area contributed by atoms with Crippen LogP contribution in [0.25, 0.3) is 23.3 Å². The molecule has 1 heterocycles. The van der Waals surface area contributed by atoms with Gasteiger partial charge in [-0.05, 0) is 64.6 Å². The maximum Gasteiger partial charge on any atom is 0.224 e. The highest BCUT2D eigenvalue weighted by Crippen LogP contribution is 2.34. The van der Waals surface area contributed by atoms with E-state index >= 15 is 0 Å². The summed E-state index contributed by atoms with van der Waals surface area (Å²) in [5.74, 6) is -0.0235. The van der Waals surface area contributed by atoms with E-state index in [1.165, 1.54) is 0 Å². The van der Waals surface area contributed by atoms with Crippen molar-refractivity contribution in [3.63, 3.8) is 0 Å². The van der Waals surface area contributed by atoms with Crippen LogP contribution in [-0.2, 0) is 11.3 Å². The summed E-state index contributed by atoms with van der Waals surface area (Å²) in [5, 5.41) is 10.8. The van der Waals surface area contributed by atoms with E-state index in [1.54, 1.807) is 18.7 Å². The fourth-order valence-electron chi connectivity index (χ4n) is 3.82. The van der Waals surface area contributed by atoms with E-state index in [9.17, 15) is 9.90 Å². The average molecular weight is 404 g/mol. The van der Waals surface area contributed by atoms with Crippen LogP contribution in [0.5, 0.6) is 0 Å². The summed E-state index contributed by atoms with van der Waals surface area (Å²) in [6, 6.07) is 19.7. The Bertz CT molecular complexity index is 1120. The van der Waals surface area contributed by atoms with Gasteiger partial charge in [0.15, 0.2) is 0 Å². The Labute approximate surface area is 175 Å². The number of carbonyl (C=O) groups excluding carboxylic acids is 1. The number of benzene rings is 3. The number of halogens is 1. The number of nitrogens with zero attached hydrogens (tertiary/aromatic N) is 1. The maximum atomic E-state index is 12.5. The van der Waals surface area contributed by atoms with E-state index in [0.29, 0.717) is 11.6 Å². The lowest BCUT2D eigenvalue weighted by Crippen LogP contribution is -2.29. The molecule has 0 radical (unpaired) electrons. The molecule has 29 heavy (non-hydrogen) atoms. The summed E-state index contributed by atoms with van der Waals surface area (Å²) < 4.78 is 0. The monoisotopic (exact) mass is 403 g/mol. The van der Waals surface area contributed by atoms with Gasteiger partial charge in [-0.1, -0.05) is 60.2 Å². The zero-order valence-electron chi connectivity index (χ0n) is 16.4. The first-order chi connectivity index (χ1) is 13.9. The molecule has 1 aliphatic rings. The van der Waals surface area contributed by atoms with Crippen LogP contribution >= 0.6 is 11.6 Å². The van der Waals surface area contributed by atoms with Crippen molar-refractivity contribution in [2.75, 3.05) is 4.90 Å². The van der Waals surface area contributed by atoms with Crippen LogP contribution in [0.15, 0.2) is 60.7 Å². The molecule has 0 saturated carbocycles. The Morgan fingerprint density at radius 3 is 2.55 bits per heavy atom. The van der Waals surface area contributed by atoms with Gasteiger partial charge in [-0.25, -0.2) is 0 Å². The number of hydrogen-bond acceptors (Lipinski definition) is 2. The lowest BCUT2D eigenvalue weighted by molar-refractivity contribution is -0.116. The number of rotatable bonds is 2. The number of aliphatic hydroxyl groups is 1. The summed E-state index contributed by atoms with van der Waals surface area (Å²) in [7, 11) is 0. The Kier molecular flexibility index (Phi) is 5.27. The van der Waals surface area contributed by atoms with Gasteiger partial charge in [0, 0.05) is 11.9 Å². The van der Waals surface area contributed by atoms with Crippen LogP contribution in [0.1, 0.15) is 42.2 Å². The smallest absolute Gasteiger partial charge is 0.224 e. The van der Waals surface area contributed by atoms with Gasteiger partial charge in [-0.15, -0.1) is 0 Å². The minimum atomic E-state index is -0.557. The van der Waals surface area contributed by atoms with Crippen LogP contribution in [0.4, 0.5) is 5.69 Å². The fourth-order valence-corrected chi connectivity index (χ4v) is 4.00. The van der Waals surface area contributed by atoms with Gasteiger partial charge < -0.3 is 10.0 Å². The van der Waals surface area contributed by atoms with Crippen LogP contribution in [-0.4, -0.2) is 11.0 Å². The third-order valence-corrected chi connectivity index (χ3v) is 5.53. The molecule has 146 valence electrons. The molecule has 4 heteroatoms. The summed E-state index contributed by atoms with van der Waals surface area (Å²) in [6.07, 6.45) is 3.50. The van der Waals surface area contributed by atoms with Gasteiger partial charge in [0.05, 0.1) is 18.3 Å². The second kappa shape index (κ2) is 7.86. The zero-order valence-corrected chi connectivity index (χ0v) is 17.1. The van der Waals surface area contributed by atoms with Gasteiger partial charge in [0.25, 0.3) is 0 Å². The highest BCUT2D eigenvalue weighted by atomic mass is 35.5. The molecule has 0 aromatic heterocycles. The third kappa shape index (κ3) is 3.84. The summed E-state index contributed by atoms with van der Waals surface area (Å²) in [5.41, 5.74) is 6.78. The normalized spacial score (nSPS) is 15.0. The molecule has 1 N–H and O–H groups in total. The maximum absolute atomic E-state index is 12.5. The molecule has 0 aliphatic carbocycles. The summed E-state index contributed by atoms with van der Waals surface area (Å²) >= 11 is 6.17. The van der Waals surface area contributed by atoms with Gasteiger partial charge >= 0.3 is 0 Å². The number of carbonyl (C=O) groups is 1. The van der Waals surface area contributed by atoms with Crippen molar-refractivity contribution in [1.29, 1.82) is 0 Å². The molecule has 0 fully saturated rings. The van der Waals surface area contributed by atoms with Crippen molar-refractivity contribution in [2.45, 2.75) is 26.5 Å². The van der Waals surface area contributed by atoms with Crippen molar-refractivity contribution < 1.29 is 9.90 Å². The summed E-state index contributed by atoms with van der Waals surface area (Å²) in [6.45, 7) is 3.82. The number of fused-ring (bicyclic) bond motifs is 2. The molecule has 0 bridgehead atoms. The Hall–Kier alpha value is -2.88. The van der Waals surface area contributed by atoms with Crippen molar-refractivity contribution in [3.05, 3.63) is 87.9 Å². The Morgan fingerprint density at radius 1 is 1.03 bits per heavy atom. The van der Waals surface area contributed by atoms with E-state index in [2.05, 4.69) is 24.3 Å². The summed E-state index contributed by atoms with van der Waals surface area (Å²) in [4.78, 5) is 14.2. The standard InChI is InChI=1S/C25H22ClNO2/c1-16(28)23-5-3-4-6-24(23)19-9-7-18-8-10-20-14-22(26)11-12-25(20)27(17(2)29)15-21(18)13-19/h3-14,16,28H,15H2,1-2H3/b10-8-. The highest BCUT2D eigenvalue weighted by Gasteiger charge is 2.19. The molecule has 1 amide bonds. The third-order valence-electron chi connectivity index (χ3n) is 5.30. The molecule has 3 aromatic carbocycles. The molecule has 3 aromatic rings. The van der Waals surface area contributed by atoms with Gasteiger partial charge in [0.1, 0.15) is 0 Å². The number of amides is 1. The molecule has 0 spiro atoms. The first-order valence-corrected chi connectivity index (χ1v) is 9.98. The zero-order chi connectivity index (χ0) is 20.5. The minimum Gasteiger partial charge on any atom is -0.389 e. The fraction of sp³-hybridized carbons (Fsp3) is 0.160. The molecular formula is C25H22ClNO2. The number of anilines is 1. The molecule has 1 atom stereocenters. The topological polar surface area (TPSA) is 40.5 Å². The first-order valence-electron chi connectivity index (χ1n) is 9.60. The second-order valence-corrected chi connectivity index (χ2v) is 7.75. The van der Waals surface area contributed by atoms with E-state index in [4.69, 9.17) is 11.6 Å².